The Balaban J connectivity index is 1.15. The molecule has 1 saturated heterocycles. The average molecular weight is 571 g/mol. The van der Waals surface area contributed by atoms with Gasteiger partial charge in [0.05, 0.1) is 31.5 Å². The maximum atomic E-state index is 12.1. The van der Waals surface area contributed by atoms with Gasteiger partial charge in [-0.25, -0.2) is 0 Å². The van der Waals surface area contributed by atoms with Crippen molar-refractivity contribution in [1.29, 1.82) is 0 Å². The third-order valence-electron chi connectivity index (χ3n) is 9.47. The number of ether oxygens (including phenoxy) is 4. The molecule has 7 heteroatoms. The number of methoxy groups -OCH3 is 1. The molecule has 0 radical (unpaired) electrons. The Hall–Kier alpha value is -3.29. The van der Waals surface area contributed by atoms with Crippen molar-refractivity contribution < 1.29 is 23.7 Å². The van der Waals surface area contributed by atoms with Gasteiger partial charge < -0.3 is 18.9 Å². The molecule has 2 aromatic carbocycles. The molecule has 1 spiro atoms. The van der Waals surface area contributed by atoms with Gasteiger partial charge in [-0.15, -0.1) is 0 Å². The van der Waals surface area contributed by atoms with Crippen molar-refractivity contribution in [3.63, 3.8) is 0 Å². The number of esters is 1. The Labute approximate surface area is 249 Å². The van der Waals surface area contributed by atoms with Crippen LogP contribution in [0.5, 0.6) is 6.01 Å². The summed E-state index contributed by atoms with van der Waals surface area (Å²) in [6, 6.07) is 13.8. The topological polar surface area (TPSA) is 79.8 Å². The maximum absolute atomic E-state index is 12.1. The van der Waals surface area contributed by atoms with Gasteiger partial charge in [0.25, 0.3) is 0 Å². The zero-order chi connectivity index (χ0) is 29.6. The second-order valence-electron chi connectivity index (χ2n) is 12.8. The summed E-state index contributed by atoms with van der Waals surface area (Å²) in [5, 5.41) is 0. The zero-order valence-corrected chi connectivity index (χ0v) is 25.7. The second-order valence-corrected chi connectivity index (χ2v) is 12.8. The molecule has 2 heterocycles. The number of nitrogens with zero attached hydrogens (tertiary/aromatic N) is 2. The lowest BCUT2D eigenvalue weighted by atomic mass is 9.86. The normalized spacial score (nSPS) is 21.4. The van der Waals surface area contributed by atoms with Crippen LogP contribution in [-0.4, -0.2) is 48.2 Å². The van der Waals surface area contributed by atoms with Gasteiger partial charge in [-0.2, -0.15) is 9.97 Å². The number of benzene rings is 2. The molecule has 1 saturated carbocycles. The lowest BCUT2D eigenvalue weighted by molar-refractivity contribution is -0.142. The van der Waals surface area contributed by atoms with E-state index in [0.29, 0.717) is 31.6 Å². The average Bonchev–Trinajstić information content (AvgIpc) is 3.55. The third-order valence-corrected chi connectivity index (χ3v) is 9.47. The van der Waals surface area contributed by atoms with Gasteiger partial charge in [-0.3, -0.25) is 4.79 Å². The summed E-state index contributed by atoms with van der Waals surface area (Å²) in [6.45, 7) is 10.9. The van der Waals surface area contributed by atoms with E-state index in [9.17, 15) is 4.79 Å². The molecule has 7 nitrogen and oxygen atoms in total. The van der Waals surface area contributed by atoms with Crippen molar-refractivity contribution in [3.05, 3.63) is 75.6 Å². The molecule has 2 aliphatic carbocycles. The highest BCUT2D eigenvalue weighted by Gasteiger charge is 2.54. The van der Waals surface area contributed by atoms with Crippen LogP contribution in [0.2, 0.25) is 0 Å². The SMILES string of the molecule is COC(=O)CC1c2ccc(CCc3cccc(-c4c(C)nc(OC[C@H]5COC(C)(C)O5)nc4C)c3C)cc2CC12CC2. The third kappa shape index (κ3) is 5.69. The standard InChI is InChI=1S/C35H42N2O5/c1-21-25(12-10-24-11-13-29-26(16-24)18-35(14-15-35)30(29)17-31(38)39-6)8-7-9-28(21)32-22(2)36-33(37-23(32)3)40-19-27-20-41-34(4,5)42-27/h7-9,11,13,16,27,30H,10,12,14-15,17-20H2,1-6H3/t27-,30?/m0/s1. The zero-order valence-electron chi connectivity index (χ0n) is 25.7. The first-order chi connectivity index (χ1) is 20.1. The molecular weight excluding hydrogens is 528 g/mol. The second kappa shape index (κ2) is 11.1. The molecule has 1 aromatic heterocycles. The Bertz CT molecular complexity index is 1490. The van der Waals surface area contributed by atoms with Crippen LogP contribution in [0, 0.1) is 26.2 Å². The first-order valence-electron chi connectivity index (χ1n) is 15.1. The number of carbonyl (C=O) groups is 1. The van der Waals surface area contributed by atoms with Gasteiger partial charge in [-0.05, 0) is 106 Å². The van der Waals surface area contributed by atoms with E-state index in [1.165, 1.54) is 53.3 Å². The van der Waals surface area contributed by atoms with Crippen LogP contribution >= 0.6 is 0 Å². The van der Waals surface area contributed by atoms with Crippen molar-refractivity contribution in [1.82, 2.24) is 9.97 Å². The van der Waals surface area contributed by atoms with E-state index in [-0.39, 0.29) is 17.5 Å². The molecule has 2 fully saturated rings. The highest BCUT2D eigenvalue weighted by Crippen LogP contribution is 2.64. The minimum absolute atomic E-state index is 0.102. The minimum Gasteiger partial charge on any atom is -0.469 e. The number of hydrogen-bond donors (Lipinski definition) is 0. The van der Waals surface area contributed by atoms with E-state index in [1.54, 1.807) is 0 Å². The van der Waals surface area contributed by atoms with Gasteiger partial charge in [0.1, 0.15) is 12.7 Å². The van der Waals surface area contributed by atoms with E-state index in [1.807, 2.05) is 27.7 Å². The number of fused-ring (bicyclic) bond motifs is 1. The number of hydrogen-bond acceptors (Lipinski definition) is 7. The van der Waals surface area contributed by atoms with E-state index in [0.717, 1.165) is 36.2 Å². The Morgan fingerprint density at radius 3 is 2.48 bits per heavy atom. The van der Waals surface area contributed by atoms with Gasteiger partial charge >= 0.3 is 12.0 Å². The number of rotatable bonds is 9. The summed E-state index contributed by atoms with van der Waals surface area (Å²) < 4.78 is 22.4. The summed E-state index contributed by atoms with van der Waals surface area (Å²) in [7, 11) is 1.49. The smallest absolute Gasteiger partial charge is 0.316 e. The summed E-state index contributed by atoms with van der Waals surface area (Å²) in [5.41, 5.74) is 11.0. The van der Waals surface area contributed by atoms with Crippen molar-refractivity contribution in [2.75, 3.05) is 20.3 Å². The molecule has 0 bridgehead atoms. The molecule has 3 aliphatic rings. The number of aromatic nitrogens is 2. The van der Waals surface area contributed by atoms with Crippen molar-refractivity contribution in [2.45, 2.75) is 91.0 Å². The van der Waals surface area contributed by atoms with Crippen LogP contribution in [-0.2, 0) is 38.3 Å². The minimum atomic E-state index is -0.581. The summed E-state index contributed by atoms with van der Waals surface area (Å²) in [6.07, 6.45) is 5.79. The molecule has 222 valence electrons. The summed E-state index contributed by atoms with van der Waals surface area (Å²) in [4.78, 5) is 21.5. The Morgan fingerprint density at radius 1 is 1.05 bits per heavy atom. The van der Waals surface area contributed by atoms with Gasteiger partial charge in [-0.1, -0.05) is 36.4 Å². The van der Waals surface area contributed by atoms with Crippen LogP contribution in [0.15, 0.2) is 36.4 Å². The van der Waals surface area contributed by atoms with Crippen LogP contribution in [0.1, 0.15) is 78.2 Å². The summed E-state index contributed by atoms with van der Waals surface area (Å²) in [5.74, 6) is -0.382. The molecule has 42 heavy (non-hydrogen) atoms. The predicted molar refractivity (Wildman–Crippen MR) is 161 cm³/mol. The molecule has 0 N–H and O–H groups in total. The Morgan fingerprint density at radius 2 is 1.81 bits per heavy atom. The van der Waals surface area contributed by atoms with Crippen LogP contribution < -0.4 is 4.74 Å². The lowest BCUT2D eigenvalue weighted by Crippen LogP contribution is -2.25. The highest BCUT2D eigenvalue weighted by atomic mass is 16.7. The lowest BCUT2D eigenvalue weighted by Gasteiger charge is -2.18. The van der Waals surface area contributed by atoms with Crippen LogP contribution in [0.25, 0.3) is 11.1 Å². The van der Waals surface area contributed by atoms with Crippen molar-refractivity contribution >= 4 is 5.97 Å². The van der Waals surface area contributed by atoms with E-state index >= 15 is 0 Å². The fourth-order valence-electron chi connectivity index (χ4n) is 7.06. The monoisotopic (exact) mass is 570 g/mol. The summed E-state index contributed by atoms with van der Waals surface area (Å²) >= 11 is 0. The number of aryl methyl sites for hydroxylation is 4. The van der Waals surface area contributed by atoms with Crippen molar-refractivity contribution in [3.8, 4) is 17.1 Å². The highest BCUT2D eigenvalue weighted by molar-refractivity contribution is 5.73. The molecule has 1 unspecified atom stereocenters. The molecule has 1 aliphatic heterocycles. The predicted octanol–water partition coefficient (Wildman–Crippen LogP) is 6.37. The quantitative estimate of drug-likeness (QED) is 0.277. The van der Waals surface area contributed by atoms with Gasteiger partial charge in [0.15, 0.2) is 5.79 Å². The van der Waals surface area contributed by atoms with Gasteiger partial charge in [0, 0.05) is 11.5 Å². The number of carbonyl (C=O) groups excluding carboxylic acids is 1. The molecule has 6 rings (SSSR count). The molecule has 0 amide bonds. The van der Waals surface area contributed by atoms with E-state index in [4.69, 9.17) is 28.9 Å². The van der Waals surface area contributed by atoms with Crippen LogP contribution in [0.4, 0.5) is 0 Å². The van der Waals surface area contributed by atoms with E-state index < -0.39 is 5.79 Å². The molecular formula is C35H42N2O5. The van der Waals surface area contributed by atoms with Crippen LogP contribution in [0.3, 0.4) is 0 Å². The largest absolute Gasteiger partial charge is 0.469 e. The maximum Gasteiger partial charge on any atom is 0.316 e. The van der Waals surface area contributed by atoms with E-state index in [2.05, 4.69) is 43.3 Å². The molecule has 2 atom stereocenters. The molecule has 3 aromatic rings. The Kier molecular flexibility index (Phi) is 7.60. The first kappa shape index (κ1) is 28.8. The fourth-order valence-corrected chi connectivity index (χ4v) is 7.06. The van der Waals surface area contributed by atoms with Crippen molar-refractivity contribution in [2.24, 2.45) is 5.41 Å². The van der Waals surface area contributed by atoms with Gasteiger partial charge in [0.2, 0.25) is 0 Å². The first-order valence-corrected chi connectivity index (χ1v) is 15.1. The fraction of sp³-hybridized carbons (Fsp3) is 0.514.